The lowest BCUT2D eigenvalue weighted by atomic mass is 10.1. The monoisotopic (exact) mass is 504 g/mol. The summed E-state index contributed by atoms with van der Waals surface area (Å²) in [5.41, 5.74) is 2.53. The van der Waals surface area contributed by atoms with Crippen LogP contribution in [0.5, 0.6) is 0 Å². The van der Waals surface area contributed by atoms with E-state index in [0.717, 1.165) is 16.9 Å². The van der Waals surface area contributed by atoms with Crippen molar-refractivity contribution in [1.82, 2.24) is 4.98 Å². The van der Waals surface area contributed by atoms with Crippen molar-refractivity contribution >= 4 is 38.0 Å². The summed E-state index contributed by atoms with van der Waals surface area (Å²) >= 11 is 1.14. The number of ketones is 1. The first-order valence-corrected chi connectivity index (χ1v) is 13.6. The number of hydrogen-bond acceptors (Lipinski definition) is 6. The van der Waals surface area contributed by atoms with Crippen LogP contribution in [0, 0.1) is 0 Å². The van der Waals surface area contributed by atoms with E-state index in [9.17, 15) is 18.0 Å². The molecule has 0 aliphatic carbocycles. The predicted molar refractivity (Wildman–Crippen MR) is 139 cm³/mol. The van der Waals surface area contributed by atoms with Crippen molar-refractivity contribution in [2.75, 3.05) is 11.1 Å². The molecule has 178 valence electrons. The van der Waals surface area contributed by atoms with Gasteiger partial charge < -0.3 is 5.32 Å². The number of anilines is 1. The Hall–Kier alpha value is -3.62. The van der Waals surface area contributed by atoms with Crippen LogP contribution >= 0.6 is 11.3 Å². The summed E-state index contributed by atoms with van der Waals surface area (Å²) in [7, 11) is -3.30. The highest BCUT2D eigenvalue weighted by atomic mass is 32.2. The molecule has 0 aliphatic rings. The largest absolute Gasteiger partial charge is 0.302 e. The van der Waals surface area contributed by atoms with Gasteiger partial charge in [0.25, 0.3) is 0 Å². The van der Waals surface area contributed by atoms with Gasteiger partial charge in [-0.25, -0.2) is 13.4 Å². The molecule has 35 heavy (non-hydrogen) atoms. The fraction of sp³-hybridized carbons (Fsp3) is 0.148. The van der Waals surface area contributed by atoms with E-state index in [1.54, 1.807) is 36.4 Å². The Morgan fingerprint density at radius 3 is 2.14 bits per heavy atom. The van der Waals surface area contributed by atoms with E-state index in [1.165, 1.54) is 12.1 Å². The molecule has 3 aromatic carbocycles. The second kappa shape index (κ2) is 10.8. The van der Waals surface area contributed by atoms with E-state index in [-0.39, 0.29) is 28.8 Å². The summed E-state index contributed by atoms with van der Waals surface area (Å²) in [5.74, 6) is -0.377. The molecule has 0 radical (unpaired) electrons. The summed E-state index contributed by atoms with van der Waals surface area (Å²) in [6.45, 7) is 1.82. The Bertz CT molecular complexity index is 1430. The van der Waals surface area contributed by atoms with E-state index in [1.807, 2.05) is 43.3 Å². The topological polar surface area (TPSA) is 93.2 Å². The van der Waals surface area contributed by atoms with Crippen LogP contribution in [0.3, 0.4) is 0 Å². The number of aromatic nitrogens is 1. The number of thiazole rings is 1. The number of rotatable bonds is 9. The van der Waals surface area contributed by atoms with Crippen LogP contribution in [-0.4, -0.2) is 30.8 Å². The van der Waals surface area contributed by atoms with E-state index < -0.39 is 9.84 Å². The van der Waals surface area contributed by atoms with Gasteiger partial charge in [-0.05, 0) is 24.1 Å². The SMILES string of the molecule is CCCS(=O)(=O)c1ccc(CC(=O)Nc2nc(-c3ccccc3)c(C(=O)c3ccccc3)s2)cc1. The number of nitrogens with zero attached hydrogens (tertiary/aromatic N) is 1. The zero-order valence-electron chi connectivity index (χ0n) is 19.1. The molecule has 0 saturated heterocycles. The summed E-state index contributed by atoms with van der Waals surface area (Å²) in [4.78, 5) is 31.2. The van der Waals surface area contributed by atoms with E-state index in [2.05, 4.69) is 10.3 Å². The maximum atomic E-state index is 13.2. The molecule has 0 fully saturated rings. The van der Waals surface area contributed by atoms with Crippen LogP contribution in [0.15, 0.2) is 89.8 Å². The molecular formula is C27H24N2O4S2. The molecule has 1 N–H and O–H groups in total. The minimum Gasteiger partial charge on any atom is -0.302 e. The second-order valence-electron chi connectivity index (χ2n) is 7.95. The average molecular weight is 505 g/mol. The molecular weight excluding hydrogens is 480 g/mol. The molecule has 1 aromatic heterocycles. The molecule has 0 aliphatic heterocycles. The standard InChI is InChI=1S/C27H24N2O4S2/c1-2-17-35(32,33)22-15-13-19(14-16-22)18-23(30)28-27-29-24(20-9-5-3-6-10-20)26(34-27)25(31)21-11-7-4-8-12-21/h3-16H,2,17-18H2,1H3,(H,28,29,30). The molecule has 4 rings (SSSR count). The smallest absolute Gasteiger partial charge is 0.230 e. The first kappa shape index (κ1) is 24.5. The van der Waals surface area contributed by atoms with E-state index in [0.29, 0.717) is 33.3 Å². The Labute approximate surface area is 208 Å². The minimum absolute atomic E-state index is 0.0519. The first-order chi connectivity index (χ1) is 16.9. The highest BCUT2D eigenvalue weighted by molar-refractivity contribution is 7.91. The van der Waals surface area contributed by atoms with Crippen LogP contribution < -0.4 is 5.32 Å². The third kappa shape index (κ3) is 5.90. The van der Waals surface area contributed by atoms with E-state index in [4.69, 9.17) is 0 Å². The van der Waals surface area contributed by atoms with Gasteiger partial charge in [0, 0.05) is 11.1 Å². The van der Waals surface area contributed by atoms with Crippen molar-refractivity contribution < 1.29 is 18.0 Å². The van der Waals surface area contributed by atoms with Crippen molar-refractivity contribution in [1.29, 1.82) is 0 Å². The fourth-order valence-corrected chi connectivity index (χ4v) is 5.88. The van der Waals surface area contributed by atoms with Crippen LogP contribution in [0.2, 0.25) is 0 Å². The summed E-state index contributed by atoms with van der Waals surface area (Å²) in [6, 6.07) is 24.7. The Morgan fingerprint density at radius 2 is 1.51 bits per heavy atom. The fourth-order valence-electron chi connectivity index (χ4n) is 3.59. The van der Waals surface area contributed by atoms with Crippen molar-refractivity contribution in [3.63, 3.8) is 0 Å². The Kier molecular flexibility index (Phi) is 7.53. The van der Waals surface area contributed by atoms with Crippen LogP contribution in [-0.2, 0) is 21.1 Å². The molecule has 8 heteroatoms. The molecule has 0 bridgehead atoms. The molecule has 6 nitrogen and oxygen atoms in total. The quantitative estimate of drug-likeness (QED) is 0.308. The third-order valence-corrected chi connectivity index (χ3v) is 8.19. The van der Waals surface area contributed by atoms with Gasteiger partial charge in [0.05, 0.1) is 22.8 Å². The number of benzene rings is 3. The summed E-state index contributed by atoms with van der Waals surface area (Å²) in [5, 5.41) is 3.12. The van der Waals surface area contributed by atoms with Gasteiger partial charge in [-0.15, -0.1) is 0 Å². The van der Waals surface area contributed by atoms with Crippen LogP contribution in [0.1, 0.15) is 34.1 Å². The zero-order valence-corrected chi connectivity index (χ0v) is 20.7. The lowest BCUT2D eigenvalue weighted by Crippen LogP contribution is -2.14. The normalized spacial score (nSPS) is 11.2. The summed E-state index contributed by atoms with van der Waals surface area (Å²) < 4.78 is 24.4. The Morgan fingerprint density at radius 1 is 0.886 bits per heavy atom. The zero-order chi connectivity index (χ0) is 24.8. The lowest BCUT2D eigenvalue weighted by molar-refractivity contribution is -0.115. The van der Waals surface area contributed by atoms with Gasteiger partial charge in [0.2, 0.25) is 11.7 Å². The van der Waals surface area contributed by atoms with E-state index >= 15 is 0 Å². The number of nitrogens with one attached hydrogen (secondary N) is 1. The third-order valence-electron chi connectivity index (χ3n) is 5.28. The molecule has 1 amide bonds. The van der Waals surface area contributed by atoms with Crippen molar-refractivity contribution in [3.8, 4) is 11.3 Å². The second-order valence-corrected chi connectivity index (χ2v) is 11.1. The number of amides is 1. The summed E-state index contributed by atoms with van der Waals surface area (Å²) in [6.07, 6.45) is 0.594. The molecule has 0 saturated carbocycles. The maximum absolute atomic E-state index is 13.2. The predicted octanol–water partition coefficient (Wildman–Crippen LogP) is 5.41. The van der Waals surface area contributed by atoms with Gasteiger partial charge >= 0.3 is 0 Å². The van der Waals surface area contributed by atoms with Gasteiger partial charge in [-0.3, -0.25) is 9.59 Å². The van der Waals surface area contributed by atoms with Gasteiger partial charge in [-0.1, -0.05) is 91.1 Å². The van der Waals surface area contributed by atoms with Crippen LogP contribution in [0.4, 0.5) is 5.13 Å². The van der Waals surface area contributed by atoms with Crippen LogP contribution in [0.25, 0.3) is 11.3 Å². The molecule has 1 heterocycles. The van der Waals surface area contributed by atoms with Crippen molar-refractivity contribution in [2.45, 2.75) is 24.7 Å². The molecule has 0 unspecified atom stereocenters. The van der Waals surface area contributed by atoms with Gasteiger partial charge in [-0.2, -0.15) is 0 Å². The molecule has 4 aromatic rings. The number of hydrogen-bond donors (Lipinski definition) is 1. The lowest BCUT2D eigenvalue weighted by Gasteiger charge is -2.05. The average Bonchev–Trinajstić information content (AvgIpc) is 3.28. The van der Waals surface area contributed by atoms with Gasteiger partial charge in [0.1, 0.15) is 4.88 Å². The first-order valence-electron chi connectivity index (χ1n) is 11.1. The number of carbonyl (C=O) groups is 2. The highest BCUT2D eigenvalue weighted by Gasteiger charge is 2.22. The highest BCUT2D eigenvalue weighted by Crippen LogP contribution is 2.33. The minimum atomic E-state index is -3.30. The maximum Gasteiger partial charge on any atom is 0.230 e. The van der Waals surface area contributed by atoms with Gasteiger partial charge in [0.15, 0.2) is 15.0 Å². The van der Waals surface area contributed by atoms with Crippen molar-refractivity contribution in [2.24, 2.45) is 0 Å². The number of carbonyl (C=O) groups excluding carboxylic acids is 2. The molecule has 0 atom stereocenters. The number of sulfone groups is 1. The van der Waals surface area contributed by atoms with Crippen molar-refractivity contribution in [3.05, 3.63) is 101 Å². The molecule has 0 spiro atoms. The Balaban J connectivity index is 1.55.